The molecule has 6 heteroatoms. The van der Waals surface area contributed by atoms with Crippen LogP contribution in [-0.4, -0.2) is 46.5 Å². The molecular formula is C15H22N2O3S. The van der Waals surface area contributed by atoms with Crippen molar-refractivity contribution in [1.82, 2.24) is 9.80 Å². The standard InChI is InChI=1S/C15H22N2O3S/c1-15(2)7-5-8-17(12(15)13(18)19)14(20)16(3)10-11-6-4-9-21-11/h4,6,9,12H,5,7-8,10H2,1-3H3,(H,18,19). The van der Waals surface area contributed by atoms with Gasteiger partial charge in [0.15, 0.2) is 0 Å². The van der Waals surface area contributed by atoms with Crippen molar-refractivity contribution in [3.63, 3.8) is 0 Å². The van der Waals surface area contributed by atoms with E-state index in [0.29, 0.717) is 13.1 Å². The molecule has 1 saturated heterocycles. The quantitative estimate of drug-likeness (QED) is 0.934. The number of amides is 2. The zero-order valence-corrected chi connectivity index (χ0v) is 13.5. The molecule has 1 aromatic heterocycles. The maximum atomic E-state index is 12.6. The first-order valence-corrected chi connectivity index (χ1v) is 7.98. The predicted octanol–water partition coefficient (Wildman–Crippen LogP) is 2.88. The number of carbonyl (C=O) groups is 2. The van der Waals surface area contributed by atoms with Gasteiger partial charge in [0.2, 0.25) is 0 Å². The Morgan fingerprint density at radius 1 is 1.52 bits per heavy atom. The minimum Gasteiger partial charge on any atom is -0.480 e. The SMILES string of the molecule is CN(Cc1cccs1)C(=O)N1CCCC(C)(C)C1C(=O)O. The lowest BCUT2D eigenvalue weighted by Gasteiger charge is -2.45. The molecule has 0 aromatic carbocycles. The second kappa shape index (κ2) is 6.05. The molecule has 2 amide bonds. The molecule has 0 aliphatic carbocycles. The van der Waals surface area contributed by atoms with Crippen molar-refractivity contribution < 1.29 is 14.7 Å². The van der Waals surface area contributed by atoms with Crippen LogP contribution in [0.25, 0.3) is 0 Å². The molecule has 116 valence electrons. The monoisotopic (exact) mass is 310 g/mol. The summed E-state index contributed by atoms with van der Waals surface area (Å²) in [6.07, 6.45) is 1.66. The van der Waals surface area contributed by atoms with Gasteiger partial charge in [-0.1, -0.05) is 19.9 Å². The largest absolute Gasteiger partial charge is 0.480 e. The molecule has 2 heterocycles. The highest BCUT2D eigenvalue weighted by Crippen LogP contribution is 2.35. The fraction of sp³-hybridized carbons (Fsp3) is 0.600. The number of piperidine rings is 1. The number of nitrogens with zero attached hydrogens (tertiary/aromatic N) is 2. The van der Waals surface area contributed by atoms with E-state index in [4.69, 9.17) is 0 Å². The summed E-state index contributed by atoms with van der Waals surface area (Å²) in [5, 5.41) is 11.5. The van der Waals surface area contributed by atoms with Gasteiger partial charge in [-0.2, -0.15) is 0 Å². The third kappa shape index (κ3) is 3.37. The van der Waals surface area contributed by atoms with Gasteiger partial charge < -0.3 is 14.9 Å². The first-order valence-electron chi connectivity index (χ1n) is 7.10. The molecule has 1 N–H and O–H groups in total. The van der Waals surface area contributed by atoms with Gasteiger partial charge in [-0.15, -0.1) is 11.3 Å². The van der Waals surface area contributed by atoms with Crippen molar-refractivity contribution >= 4 is 23.3 Å². The van der Waals surface area contributed by atoms with Crippen molar-refractivity contribution in [3.05, 3.63) is 22.4 Å². The maximum absolute atomic E-state index is 12.6. The lowest BCUT2D eigenvalue weighted by atomic mass is 9.76. The first kappa shape index (κ1) is 15.8. The van der Waals surface area contributed by atoms with Gasteiger partial charge in [0.1, 0.15) is 6.04 Å². The van der Waals surface area contributed by atoms with Crippen LogP contribution in [0.4, 0.5) is 4.79 Å². The van der Waals surface area contributed by atoms with Gasteiger partial charge in [0.25, 0.3) is 0 Å². The van der Waals surface area contributed by atoms with E-state index in [2.05, 4.69) is 0 Å². The van der Waals surface area contributed by atoms with E-state index in [1.54, 1.807) is 23.3 Å². The fourth-order valence-corrected chi connectivity index (χ4v) is 3.75. The second-order valence-electron chi connectivity index (χ2n) is 6.24. The Balaban J connectivity index is 2.14. The summed E-state index contributed by atoms with van der Waals surface area (Å²) in [5.41, 5.74) is -0.399. The molecule has 1 aromatic rings. The molecule has 1 unspecified atom stereocenters. The number of carboxylic acid groups (broad SMARTS) is 1. The highest BCUT2D eigenvalue weighted by molar-refractivity contribution is 7.09. The predicted molar refractivity (Wildman–Crippen MR) is 82.3 cm³/mol. The third-order valence-electron chi connectivity index (χ3n) is 4.05. The summed E-state index contributed by atoms with van der Waals surface area (Å²) in [7, 11) is 1.72. The number of carboxylic acids is 1. The number of carbonyl (C=O) groups excluding carboxylic acids is 1. The molecule has 0 saturated carbocycles. The molecule has 0 radical (unpaired) electrons. The number of urea groups is 1. The summed E-state index contributed by atoms with van der Waals surface area (Å²) in [4.78, 5) is 28.4. The van der Waals surface area contributed by atoms with Crippen molar-refractivity contribution in [1.29, 1.82) is 0 Å². The van der Waals surface area contributed by atoms with E-state index in [1.165, 1.54) is 4.90 Å². The van der Waals surface area contributed by atoms with Crippen LogP contribution in [0.3, 0.4) is 0 Å². The Kier molecular flexibility index (Phi) is 4.56. The smallest absolute Gasteiger partial charge is 0.327 e. The minimum atomic E-state index is -0.919. The Bertz CT molecular complexity index is 513. The summed E-state index contributed by atoms with van der Waals surface area (Å²) < 4.78 is 0. The van der Waals surface area contributed by atoms with E-state index in [9.17, 15) is 14.7 Å². The molecule has 5 nitrogen and oxygen atoms in total. The summed E-state index contributed by atoms with van der Waals surface area (Å²) in [6, 6.07) is 2.96. The molecular weight excluding hydrogens is 288 g/mol. The third-order valence-corrected chi connectivity index (χ3v) is 4.91. The van der Waals surface area contributed by atoms with Gasteiger partial charge in [-0.05, 0) is 29.7 Å². The van der Waals surface area contributed by atoms with E-state index in [0.717, 1.165) is 17.7 Å². The maximum Gasteiger partial charge on any atom is 0.327 e. The number of likely N-dealkylation sites (tertiary alicyclic amines) is 1. The summed E-state index contributed by atoms with van der Waals surface area (Å²) in [5.74, 6) is -0.919. The van der Waals surface area contributed by atoms with Crippen LogP contribution < -0.4 is 0 Å². The second-order valence-corrected chi connectivity index (χ2v) is 7.28. The van der Waals surface area contributed by atoms with E-state index < -0.39 is 17.4 Å². The summed E-state index contributed by atoms with van der Waals surface area (Å²) >= 11 is 1.59. The highest BCUT2D eigenvalue weighted by atomic mass is 32.1. The van der Waals surface area contributed by atoms with Gasteiger partial charge >= 0.3 is 12.0 Å². The lowest BCUT2D eigenvalue weighted by molar-refractivity contribution is -0.148. The highest BCUT2D eigenvalue weighted by Gasteiger charge is 2.45. The fourth-order valence-electron chi connectivity index (χ4n) is 2.99. The van der Waals surface area contributed by atoms with Gasteiger partial charge in [-0.25, -0.2) is 9.59 Å². The molecule has 1 aliphatic heterocycles. The van der Waals surface area contributed by atoms with Gasteiger partial charge in [-0.3, -0.25) is 0 Å². The Morgan fingerprint density at radius 3 is 2.81 bits per heavy atom. The minimum absolute atomic E-state index is 0.205. The van der Waals surface area contributed by atoms with Crippen LogP contribution in [0.15, 0.2) is 17.5 Å². The van der Waals surface area contributed by atoms with Crippen LogP contribution in [0, 0.1) is 5.41 Å². The van der Waals surface area contributed by atoms with Crippen molar-refractivity contribution in [3.8, 4) is 0 Å². The topological polar surface area (TPSA) is 60.9 Å². The molecule has 21 heavy (non-hydrogen) atoms. The number of thiophene rings is 1. The average molecular weight is 310 g/mol. The number of rotatable bonds is 3. The van der Waals surface area contributed by atoms with Crippen molar-refractivity contribution in [2.45, 2.75) is 39.3 Å². The van der Waals surface area contributed by atoms with Gasteiger partial charge in [0.05, 0.1) is 6.54 Å². The molecule has 0 bridgehead atoms. The molecule has 2 rings (SSSR count). The van der Waals surface area contributed by atoms with Crippen molar-refractivity contribution in [2.75, 3.05) is 13.6 Å². The van der Waals surface area contributed by atoms with Crippen LogP contribution >= 0.6 is 11.3 Å². The Morgan fingerprint density at radius 2 is 2.24 bits per heavy atom. The number of aliphatic carboxylic acids is 1. The Labute approximate surface area is 129 Å². The normalized spacial score (nSPS) is 21.1. The van der Waals surface area contributed by atoms with Crippen LogP contribution in [0.5, 0.6) is 0 Å². The average Bonchev–Trinajstić information content (AvgIpc) is 2.88. The van der Waals surface area contributed by atoms with E-state index in [1.807, 2.05) is 31.4 Å². The van der Waals surface area contributed by atoms with Crippen molar-refractivity contribution in [2.24, 2.45) is 5.41 Å². The molecule has 1 aliphatic rings. The summed E-state index contributed by atoms with van der Waals surface area (Å²) in [6.45, 7) is 4.86. The number of hydrogen-bond donors (Lipinski definition) is 1. The number of hydrogen-bond acceptors (Lipinski definition) is 3. The van der Waals surface area contributed by atoms with Crippen LogP contribution in [0.2, 0.25) is 0 Å². The van der Waals surface area contributed by atoms with E-state index in [-0.39, 0.29) is 6.03 Å². The van der Waals surface area contributed by atoms with Crippen LogP contribution in [-0.2, 0) is 11.3 Å². The zero-order chi connectivity index (χ0) is 15.6. The molecule has 0 spiro atoms. The first-order chi connectivity index (χ1) is 9.83. The zero-order valence-electron chi connectivity index (χ0n) is 12.7. The van der Waals surface area contributed by atoms with Crippen LogP contribution in [0.1, 0.15) is 31.6 Å². The van der Waals surface area contributed by atoms with Gasteiger partial charge in [0, 0.05) is 18.5 Å². The lowest BCUT2D eigenvalue weighted by Crippen LogP contribution is -2.58. The van der Waals surface area contributed by atoms with E-state index >= 15 is 0 Å². The molecule has 1 fully saturated rings. The Hall–Kier alpha value is -1.56. The molecule has 1 atom stereocenters.